The first-order valence-corrected chi connectivity index (χ1v) is 6.48. The molecule has 1 aliphatic heterocycles. The van der Waals surface area contributed by atoms with Gasteiger partial charge in [0.25, 0.3) is 0 Å². The molecule has 0 aliphatic carbocycles. The van der Waals surface area contributed by atoms with Gasteiger partial charge >= 0.3 is 99.1 Å². The van der Waals surface area contributed by atoms with Crippen LogP contribution in [0.25, 0.3) is 0 Å². The fraction of sp³-hybridized carbons (Fsp3) is 0.556. The van der Waals surface area contributed by atoms with E-state index in [0.717, 1.165) is 0 Å². The van der Waals surface area contributed by atoms with E-state index in [-0.39, 0.29) is 26.8 Å². The molecule has 1 unspecified atom stereocenters. The predicted octanol–water partition coefficient (Wildman–Crippen LogP) is -0.639. The number of anilines is 1. The molecule has 0 radical (unpaired) electrons. The molecule has 0 fully saturated rings. The van der Waals surface area contributed by atoms with E-state index < -0.39 is 6.04 Å². The molecule has 0 aromatic carbocycles. The third kappa shape index (κ3) is 1.47. The van der Waals surface area contributed by atoms with Gasteiger partial charge in [0.15, 0.2) is 0 Å². The van der Waals surface area contributed by atoms with Crippen molar-refractivity contribution in [1.29, 1.82) is 0 Å². The molecule has 7 heteroatoms. The van der Waals surface area contributed by atoms with Crippen LogP contribution in [0.3, 0.4) is 0 Å². The first kappa shape index (κ1) is 11.3. The normalized spacial score (nSPS) is 21.1. The standard InChI is InChI=1S/C9H12N4O2Se/c1-4-5-8(14)13(3)7-6(10-16-11-7)9(15)12(5)2/h5H,4H2,1-3H3. The van der Waals surface area contributed by atoms with Gasteiger partial charge in [-0.25, -0.2) is 0 Å². The second-order valence-electron chi connectivity index (χ2n) is 3.67. The van der Waals surface area contributed by atoms with Crippen LogP contribution in [0.15, 0.2) is 0 Å². The number of fused-ring (bicyclic) bond motifs is 1. The Morgan fingerprint density at radius 1 is 1.31 bits per heavy atom. The number of nitrogens with zero attached hydrogens (tertiary/aromatic N) is 4. The van der Waals surface area contributed by atoms with Gasteiger partial charge in [-0.1, -0.05) is 0 Å². The van der Waals surface area contributed by atoms with Crippen LogP contribution in [0.1, 0.15) is 23.8 Å². The summed E-state index contributed by atoms with van der Waals surface area (Å²) in [6, 6.07) is -0.416. The zero-order valence-electron chi connectivity index (χ0n) is 9.30. The third-order valence-electron chi connectivity index (χ3n) is 2.78. The second kappa shape index (κ2) is 3.99. The van der Waals surface area contributed by atoms with Gasteiger partial charge in [-0.2, -0.15) is 0 Å². The summed E-state index contributed by atoms with van der Waals surface area (Å²) in [5.74, 6) is 0.125. The van der Waals surface area contributed by atoms with Crippen molar-refractivity contribution >= 4 is 32.6 Å². The van der Waals surface area contributed by atoms with Crippen LogP contribution in [-0.2, 0) is 4.79 Å². The van der Waals surface area contributed by atoms with Gasteiger partial charge in [0.2, 0.25) is 0 Å². The first-order chi connectivity index (χ1) is 7.57. The van der Waals surface area contributed by atoms with Crippen LogP contribution in [0, 0.1) is 0 Å². The van der Waals surface area contributed by atoms with Crippen molar-refractivity contribution < 1.29 is 9.59 Å². The van der Waals surface area contributed by atoms with Gasteiger partial charge < -0.3 is 0 Å². The van der Waals surface area contributed by atoms with Gasteiger partial charge in [0.05, 0.1) is 0 Å². The maximum atomic E-state index is 12.1. The fourth-order valence-electron chi connectivity index (χ4n) is 1.79. The molecular weight excluding hydrogens is 275 g/mol. The number of likely N-dealkylation sites (N-methyl/N-ethyl adjacent to an activating group) is 2. The molecule has 16 heavy (non-hydrogen) atoms. The van der Waals surface area contributed by atoms with Gasteiger partial charge in [-0.05, 0) is 0 Å². The molecule has 1 aliphatic rings. The first-order valence-electron chi connectivity index (χ1n) is 4.95. The minimum atomic E-state index is -0.416. The van der Waals surface area contributed by atoms with E-state index >= 15 is 0 Å². The molecule has 2 heterocycles. The third-order valence-corrected chi connectivity index (χ3v) is 3.87. The van der Waals surface area contributed by atoms with Crippen LogP contribution < -0.4 is 4.90 Å². The average molecular weight is 287 g/mol. The Morgan fingerprint density at radius 3 is 2.62 bits per heavy atom. The summed E-state index contributed by atoms with van der Waals surface area (Å²) in [4.78, 5) is 27.0. The van der Waals surface area contributed by atoms with Gasteiger partial charge in [0.1, 0.15) is 0 Å². The monoisotopic (exact) mass is 288 g/mol. The summed E-state index contributed by atoms with van der Waals surface area (Å²) in [6.07, 6.45) is 0.594. The topological polar surface area (TPSA) is 66.4 Å². The summed E-state index contributed by atoms with van der Waals surface area (Å²) < 4.78 is 8.23. The molecule has 2 rings (SSSR count). The molecule has 0 saturated heterocycles. The Morgan fingerprint density at radius 2 is 2.00 bits per heavy atom. The number of aromatic nitrogens is 2. The van der Waals surface area contributed by atoms with E-state index in [9.17, 15) is 9.59 Å². The summed E-state index contributed by atoms with van der Waals surface area (Å²) >= 11 is -0.297. The Hall–Kier alpha value is -1.20. The van der Waals surface area contributed by atoms with Gasteiger partial charge in [0, 0.05) is 0 Å². The Balaban J connectivity index is 2.53. The van der Waals surface area contributed by atoms with E-state index in [0.29, 0.717) is 17.9 Å². The van der Waals surface area contributed by atoms with E-state index in [1.807, 2.05) is 6.92 Å². The zero-order valence-corrected chi connectivity index (χ0v) is 11.0. The number of carbonyl (C=O) groups excluding carboxylic acids is 2. The van der Waals surface area contributed by atoms with E-state index in [1.165, 1.54) is 9.80 Å². The van der Waals surface area contributed by atoms with Crippen molar-refractivity contribution in [3.05, 3.63) is 5.69 Å². The summed E-state index contributed by atoms with van der Waals surface area (Å²) in [5, 5.41) is 0. The molecule has 86 valence electrons. The fourth-order valence-corrected chi connectivity index (χ4v) is 2.98. The van der Waals surface area contributed by atoms with Gasteiger partial charge in [-0.15, -0.1) is 0 Å². The molecule has 0 N–H and O–H groups in total. The van der Waals surface area contributed by atoms with Crippen molar-refractivity contribution in [3.8, 4) is 0 Å². The summed E-state index contributed by atoms with van der Waals surface area (Å²) in [6.45, 7) is 1.88. The average Bonchev–Trinajstić information content (AvgIpc) is 2.73. The number of carbonyl (C=O) groups is 2. The Bertz CT molecular complexity index is 444. The van der Waals surface area contributed by atoms with Crippen molar-refractivity contribution in [1.82, 2.24) is 12.9 Å². The number of rotatable bonds is 1. The van der Waals surface area contributed by atoms with E-state index in [1.54, 1.807) is 14.1 Å². The van der Waals surface area contributed by atoms with Gasteiger partial charge in [-0.3, -0.25) is 0 Å². The number of amides is 2. The van der Waals surface area contributed by atoms with Crippen LogP contribution in [0.4, 0.5) is 5.82 Å². The maximum absolute atomic E-state index is 12.1. The molecular formula is C9H12N4O2Se. The van der Waals surface area contributed by atoms with E-state index in [2.05, 4.69) is 7.96 Å². The molecule has 0 bridgehead atoms. The van der Waals surface area contributed by atoms with Crippen molar-refractivity contribution in [2.75, 3.05) is 19.0 Å². The van der Waals surface area contributed by atoms with Crippen LogP contribution in [0.5, 0.6) is 0 Å². The zero-order chi connectivity index (χ0) is 11.9. The SMILES string of the molecule is CCC1C(=O)N(C)c2n[se]nc2C(=O)N1C. The molecule has 1 aromatic heterocycles. The quantitative estimate of drug-likeness (QED) is 0.644. The predicted molar refractivity (Wildman–Crippen MR) is 58.6 cm³/mol. The van der Waals surface area contributed by atoms with Crippen LogP contribution in [-0.4, -0.2) is 59.8 Å². The minimum absolute atomic E-state index is 0.0972. The number of hydrogen-bond acceptors (Lipinski definition) is 4. The summed E-state index contributed by atoms with van der Waals surface area (Å²) in [7, 11) is 3.28. The van der Waals surface area contributed by atoms with Crippen LogP contribution >= 0.6 is 0 Å². The van der Waals surface area contributed by atoms with E-state index in [4.69, 9.17) is 0 Å². The molecule has 0 spiro atoms. The van der Waals surface area contributed by atoms with Crippen molar-refractivity contribution in [2.24, 2.45) is 0 Å². The Labute approximate surface area is 99.5 Å². The molecule has 1 aromatic rings. The second-order valence-corrected chi connectivity index (χ2v) is 4.78. The van der Waals surface area contributed by atoms with Crippen LogP contribution in [0.2, 0.25) is 0 Å². The molecule has 2 amide bonds. The summed E-state index contributed by atoms with van der Waals surface area (Å²) in [5.41, 5.74) is 0.328. The number of hydrogen-bond donors (Lipinski definition) is 0. The Kier molecular flexibility index (Phi) is 2.82. The molecule has 0 saturated carbocycles. The van der Waals surface area contributed by atoms with Crippen molar-refractivity contribution in [3.63, 3.8) is 0 Å². The molecule has 6 nitrogen and oxygen atoms in total. The molecule has 1 atom stereocenters. The van der Waals surface area contributed by atoms with Crippen molar-refractivity contribution in [2.45, 2.75) is 19.4 Å².